The highest BCUT2D eigenvalue weighted by Gasteiger charge is 2.37. The van der Waals surface area contributed by atoms with Gasteiger partial charge in [-0.15, -0.1) is 0 Å². The normalized spacial score (nSPS) is 17.1. The summed E-state index contributed by atoms with van der Waals surface area (Å²) in [6.07, 6.45) is 16.8. The van der Waals surface area contributed by atoms with E-state index in [1.807, 2.05) is 0 Å². The Hall–Kier alpha value is -0.450. The third kappa shape index (κ3) is 11.0. The summed E-state index contributed by atoms with van der Waals surface area (Å²) in [5, 5.41) is 0. The van der Waals surface area contributed by atoms with Gasteiger partial charge in [0, 0.05) is 6.42 Å². The van der Waals surface area contributed by atoms with E-state index in [-0.39, 0.29) is 19.0 Å². The van der Waals surface area contributed by atoms with Gasteiger partial charge in [-0.3, -0.25) is 4.79 Å². The van der Waals surface area contributed by atoms with Crippen molar-refractivity contribution in [2.75, 3.05) is 19.8 Å². The van der Waals surface area contributed by atoms with Gasteiger partial charge in [0.1, 0.15) is 13.2 Å². The van der Waals surface area contributed by atoms with Gasteiger partial charge in [0.15, 0.2) is 5.78 Å². The predicted molar refractivity (Wildman–Crippen MR) is 102 cm³/mol. The minimum absolute atomic E-state index is 0.00152. The van der Waals surface area contributed by atoms with Gasteiger partial charge in [-0.25, -0.2) is 0 Å². The van der Waals surface area contributed by atoms with Gasteiger partial charge < -0.3 is 14.2 Å². The Morgan fingerprint density at radius 2 is 1.24 bits per heavy atom. The fourth-order valence-electron chi connectivity index (χ4n) is 3.17. The number of carbonyl (C=O) groups excluding carboxylic acids is 1. The Bertz CT molecular complexity index is 300. The highest BCUT2D eigenvalue weighted by Crippen LogP contribution is 2.27. The zero-order valence-corrected chi connectivity index (χ0v) is 16.7. The summed E-state index contributed by atoms with van der Waals surface area (Å²) in [4.78, 5) is 11.4. The monoisotopic (exact) mass is 356 g/mol. The first-order valence-electron chi connectivity index (χ1n) is 10.7. The molecule has 0 saturated carbocycles. The molecule has 4 nitrogen and oxygen atoms in total. The molecule has 4 heteroatoms. The molecule has 1 aliphatic heterocycles. The zero-order valence-electron chi connectivity index (χ0n) is 16.7. The fourth-order valence-corrected chi connectivity index (χ4v) is 3.17. The summed E-state index contributed by atoms with van der Waals surface area (Å²) in [7, 11) is 0. The van der Waals surface area contributed by atoms with Crippen LogP contribution in [0.2, 0.25) is 0 Å². The lowest BCUT2D eigenvalue weighted by Crippen LogP contribution is -2.47. The van der Waals surface area contributed by atoms with E-state index in [0.29, 0.717) is 6.61 Å². The second-order valence-corrected chi connectivity index (χ2v) is 7.29. The molecule has 1 saturated heterocycles. The van der Waals surface area contributed by atoms with Gasteiger partial charge in [0.2, 0.25) is 0 Å². The van der Waals surface area contributed by atoms with E-state index < -0.39 is 5.97 Å². The van der Waals surface area contributed by atoms with Crippen molar-refractivity contribution in [3.05, 3.63) is 0 Å². The number of rotatable bonds is 16. The third-order valence-corrected chi connectivity index (χ3v) is 4.81. The van der Waals surface area contributed by atoms with E-state index in [1.165, 1.54) is 70.6 Å². The second kappa shape index (κ2) is 14.7. The first kappa shape index (κ1) is 22.6. The van der Waals surface area contributed by atoms with Gasteiger partial charge in [0.25, 0.3) is 5.97 Å². The number of ketones is 1. The van der Waals surface area contributed by atoms with E-state index >= 15 is 0 Å². The average molecular weight is 357 g/mol. The molecule has 0 spiro atoms. The molecule has 0 N–H and O–H groups in total. The van der Waals surface area contributed by atoms with Crippen LogP contribution >= 0.6 is 0 Å². The Morgan fingerprint density at radius 3 is 1.80 bits per heavy atom. The highest BCUT2D eigenvalue weighted by atomic mass is 16.9. The fraction of sp³-hybridized carbons (Fsp3) is 0.952. The Balaban J connectivity index is 2.20. The molecule has 1 aliphatic rings. The quantitative estimate of drug-likeness (QED) is 0.329. The molecular weight excluding hydrogens is 316 g/mol. The van der Waals surface area contributed by atoms with Crippen molar-refractivity contribution < 1.29 is 19.0 Å². The summed E-state index contributed by atoms with van der Waals surface area (Å²) in [6, 6.07) is 0. The minimum atomic E-state index is -0.971. The lowest BCUT2D eigenvalue weighted by atomic mass is 10.1. The van der Waals surface area contributed by atoms with Crippen LogP contribution in [0.1, 0.15) is 104 Å². The summed E-state index contributed by atoms with van der Waals surface area (Å²) in [5.41, 5.74) is 0. The van der Waals surface area contributed by atoms with Crippen molar-refractivity contribution in [2.45, 2.75) is 110 Å². The standard InChI is InChI=1S/C21H40O4/c1-3-5-7-9-11-12-14-16-21(24-18-20(22)19-25-21)23-17-15-13-10-8-6-4-2/h3-19H2,1-2H3. The van der Waals surface area contributed by atoms with E-state index in [9.17, 15) is 4.79 Å². The highest BCUT2D eigenvalue weighted by molar-refractivity contribution is 5.81. The van der Waals surface area contributed by atoms with Crippen LogP contribution in [0.5, 0.6) is 0 Å². The summed E-state index contributed by atoms with van der Waals surface area (Å²) >= 11 is 0. The summed E-state index contributed by atoms with van der Waals surface area (Å²) < 4.78 is 17.3. The molecule has 0 bridgehead atoms. The second-order valence-electron chi connectivity index (χ2n) is 7.29. The number of hydrogen-bond donors (Lipinski definition) is 0. The first-order valence-corrected chi connectivity index (χ1v) is 10.7. The molecule has 0 aromatic rings. The van der Waals surface area contributed by atoms with E-state index in [2.05, 4.69) is 13.8 Å². The topological polar surface area (TPSA) is 44.8 Å². The molecule has 0 unspecified atom stereocenters. The van der Waals surface area contributed by atoms with Gasteiger partial charge in [-0.1, -0.05) is 84.5 Å². The zero-order chi connectivity index (χ0) is 18.2. The molecule has 0 aromatic carbocycles. The van der Waals surface area contributed by atoms with Gasteiger partial charge >= 0.3 is 0 Å². The average Bonchev–Trinajstić information content (AvgIpc) is 2.63. The molecule has 1 heterocycles. The van der Waals surface area contributed by atoms with Crippen LogP contribution in [0.4, 0.5) is 0 Å². The van der Waals surface area contributed by atoms with Crippen molar-refractivity contribution >= 4 is 5.78 Å². The lowest BCUT2D eigenvalue weighted by Gasteiger charge is -2.36. The van der Waals surface area contributed by atoms with Gasteiger partial charge in [0.05, 0.1) is 6.61 Å². The maximum atomic E-state index is 11.4. The smallest absolute Gasteiger partial charge is 0.283 e. The molecule has 0 aromatic heterocycles. The van der Waals surface area contributed by atoms with Crippen LogP contribution in [-0.2, 0) is 19.0 Å². The number of Topliss-reactive ketones (excluding diaryl/α,β-unsaturated/α-hetero) is 1. The molecule has 0 radical (unpaired) electrons. The Labute approximate surface area is 155 Å². The van der Waals surface area contributed by atoms with E-state index in [4.69, 9.17) is 14.2 Å². The number of ether oxygens (including phenoxy) is 3. The van der Waals surface area contributed by atoms with Crippen LogP contribution in [0.15, 0.2) is 0 Å². The number of hydrogen-bond acceptors (Lipinski definition) is 4. The van der Waals surface area contributed by atoms with E-state index in [1.54, 1.807) is 0 Å². The van der Waals surface area contributed by atoms with Crippen LogP contribution in [0.25, 0.3) is 0 Å². The third-order valence-electron chi connectivity index (χ3n) is 4.81. The molecule has 1 rings (SSSR count). The molecule has 25 heavy (non-hydrogen) atoms. The summed E-state index contributed by atoms with van der Waals surface area (Å²) in [5.74, 6) is -0.973. The van der Waals surface area contributed by atoms with Crippen molar-refractivity contribution in [3.63, 3.8) is 0 Å². The van der Waals surface area contributed by atoms with Crippen LogP contribution < -0.4 is 0 Å². The summed E-state index contributed by atoms with van der Waals surface area (Å²) in [6.45, 7) is 5.36. The molecule has 148 valence electrons. The van der Waals surface area contributed by atoms with Crippen molar-refractivity contribution in [2.24, 2.45) is 0 Å². The van der Waals surface area contributed by atoms with E-state index in [0.717, 1.165) is 19.3 Å². The Kier molecular flexibility index (Phi) is 13.3. The van der Waals surface area contributed by atoms with Crippen molar-refractivity contribution in [1.29, 1.82) is 0 Å². The Morgan fingerprint density at radius 1 is 0.760 bits per heavy atom. The molecule has 0 amide bonds. The van der Waals surface area contributed by atoms with Crippen molar-refractivity contribution in [1.82, 2.24) is 0 Å². The molecule has 0 aliphatic carbocycles. The maximum Gasteiger partial charge on any atom is 0.283 e. The minimum Gasteiger partial charge on any atom is -0.327 e. The molecule has 1 fully saturated rings. The van der Waals surface area contributed by atoms with Crippen LogP contribution in [0.3, 0.4) is 0 Å². The lowest BCUT2D eigenvalue weighted by molar-refractivity contribution is -0.389. The number of carbonyl (C=O) groups is 1. The molecule has 0 atom stereocenters. The van der Waals surface area contributed by atoms with Crippen molar-refractivity contribution in [3.8, 4) is 0 Å². The SMILES string of the molecule is CCCCCCCCCC1(OCCCCCCCC)OCC(=O)CO1. The number of unbranched alkanes of at least 4 members (excludes halogenated alkanes) is 11. The van der Waals surface area contributed by atoms with Gasteiger partial charge in [-0.05, 0) is 12.8 Å². The van der Waals surface area contributed by atoms with Crippen LogP contribution in [0, 0.1) is 0 Å². The largest absolute Gasteiger partial charge is 0.327 e. The molecular formula is C21H40O4. The van der Waals surface area contributed by atoms with Gasteiger partial charge in [-0.2, -0.15) is 0 Å². The predicted octanol–water partition coefficient (Wildman–Crippen LogP) is 5.77. The first-order chi connectivity index (χ1) is 12.2. The van der Waals surface area contributed by atoms with Crippen LogP contribution in [-0.4, -0.2) is 31.6 Å². The maximum absolute atomic E-state index is 11.4.